The first-order chi connectivity index (χ1) is 5.27. The van der Waals surface area contributed by atoms with E-state index in [1.54, 1.807) is 0 Å². The SMILES string of the molecule is CCC(C)(C)CNCC(C)(C)N. The largest absolute Gasteiger partial charge is 0.324 e. The molecule has 0 saturated carbocycles. The molecule has 0 aliphatic carbocycles. The highest BCUT2D eigenvalue weighted by atomic mass is 14.9. The Hall–Kier alpha value is -0.0800. The van der Waals surface area contributed by atoms with Crippen LogP contribution in [0.15, 0.2) is 0 Å². The van der Waals surface area contributed by atoms with Crippen molar-refractivity contribution < 1.29 is 0 Å². The summed E-state index contributed by atoms with van der Waals surface area (Å²) in [7, 11) is 0. The van der Waals surface area contributed by atoms with Crippen molar-refractivity contribution in [2.45, 2.75) is 46.6 Å². The summed E-state index contributed by atoms with van der Waals surface area (Å²) in [5.41, 5.74) is 6.14. The molecule has 0 saturated heterocycles. The molecular formula is C10H24N2. The Labute approximate surface area is 76.9 Å². The molecule has 0 radical (unpaired) electrons. The molecule has 0 aromatic rings. The van der Waals surface area contributed by atoms with Crippen molar-refractivity contribution in [2.24, 2.45) is 11.1 Å². The third-order valence-electron chi connectivity index (χ3n) is 2.14. The zero-order valence-electron chi connectivity index (χ0n) is 9.20. The molecule has 2 nitrogen and oxygen atoms in total. The molecule has 74 valence electrons. The maximum absolute atomic E-state index is 5.84. The molecular weight excluding hydrogens is 148 g/mol. The van der Waals surface area contributed by atoms with E-state index in [0.29, 0.717) is 5.41 Å². The summed E-state index contributed by atoms with van der Waals surface area (Å²) in [6.45, 7) is 12.8. The van der Waals surface area contributed by atoms with Crippen molar-refractivity contribution in [3.63, 3.8) is 0 Å². The predicted molar refractivity (Wildman–Crippen MR) is 55.2 cm³/mol. The Balaban J connectivity index is 3.57. The molecule has 0 rings (SSSR count). The maximum atomic E-state index is 5.84. The van der Waals surface area contributed by atoms with Crippen LogP contribution < -0.4 is 11.1 Å². The van der Waals surface area contributed by atoms with E-state index in [9.17, 15) is 0 Å². The molecule has 0 spiro atoms. The van der Waals surface area contributed by atoms with E-state index in [4.69, 9.17) is 5.73 Å². The first-order valence-corrected chi connectivity index (χ1v) is 4.76. The van der Waals surface area contributed by atoms with Crippen molar-refractivity contribution in [2.75, 3.05) is 13.1 Å². The monoisotopic (exact) mass is 172 g/mol. The van der Waals surface area contributed by atoms with E-state index in [1.807, 2.05) is 13.8 Å². The Kier molecular flexibility index (Phi) is 4.21. The van der Waals surface area contributed by atoms with Gasteiger partial charge in [-0.25, -0.2) is 0 Å². The Morgan fingerprint density at radius 2 is 1.58 bits per heavy atom. The fourth-order valence-electron chi connectivity index (χ4n) is 0.848. The number of nitrogens with two attached hydrogens (primary N) is 1. The van der Waals surface area contributed by atoms with E-state index >= 15 is 0 Å². The summed E-state index contributed by atoms with van der Waals surface area (Å²) in [5.74, 6) is 0. The van der Waals surface area contributed by atoms with E-state index in [0.717, 1.165) is 13.1 Å². The first-order valence-electron chi connectivity index (χ1n) is 4.76. The van der Waals surface area contributed by atoms with E-state index in [2.05, 4.69) is 26.1 Å². The van der Waals surface area contributed by atoms with Gasteiger partial charge in [0.05, 0.1) is 0 Å². The lowest BCUT2D eigenvalue weighted by molar-refractivity contribution is 0.313. The Morgan fingerprint density at radius 3 is 1.92 bits per heavy atom. The fraction of sp³-hybridized carbons (Fsp3) is 1.00. The highest BCUT2D eigenvalue weighted by Crippen LogP contribution is 2.17. The molecule has 2 heteroatoms. The van der Waals surface area contributed by atoms with Gasteiger partial charge in [0.1, 0.15) is 0 Å². The summed E-state index contributed by atoms with van der Waals surface area (Å²) in [5, 5.41) is 3.39. The van der Waals surface area contributed by atoms with Crippen molar-refractivity contribution in [3.8, 4) is 0 Å². The summed E-state index contributed by atoms with van der Waals surface area (Å²) in [4.78, 5) is 0. The van der Waals surface area contributed by atoms with Crippen LogP contribution in [0.1, 0.15) is 41.0 Å². The highest BCUT2D eigenvalue weighted by Gasteiger charge is 2.16. The molecule has 0 aromatic carbocycles. The smallest absolute Gasteiger partial charge is 0.0223 e. The minimum Gasteiger partial charge on any atom is -0.324 e. The average molecular weight is 172 g/mol. The average Bonchev–Trinajstić information content (AvgIpc) is 1.84. The topological polar surface area (TPSA) is 38.0 Å². The molecule has 0 amide bonds. The summed E-state index contributed by atoms with van der Waals surface area (Å²) >= 11 is 0. The molecule has 0 fully saturated rings. The normalized spacial score (nSPS) is 13.5. The van der Waals surface area contributed by atoms with E-state index < -0.39 is 0 Å². The van der Waals surface area contributed by atoms with Gasteiger partial charge in [0.2, 0.25) is 0 Å². The van der Waals surface area contributed by atoms with Crippen LogP contribution in [0.4, 0.5) is 0 Å². The third kappa shape index (κ3) is 6.62. The number of nitrogens with one attached hydrogen (secondary N) is 1. The highest BCUT2D eigenvalue weighted by molar-refractivity contribution is 4.77. The second kappa shape index (κ2) is 4.24. The van der Waals surface area contributed by atoms with Crippen LogP contribution in [0.3, 0.4) is 0 Å². The quantitative estimate of drug-likeness (QED) is 0.663. The second-order valence-corrected chi connectivity index (χ2v) is 5.11. The lowest BCUT2D eigenvalue weighted by atomic mass is 9.90. The van der Waals surface area contributed by atoms with Gasteiger partial charge in [0.15, 0.2) is 0 Å². The maximum Gasteiger partial charge on any atom is 0.0223 e. The lowest BCUT2D eigenvalue weighted by Gasteiger charge is -2.26. The third-order valence-corrected chi connectivity index (χ3v) is 2.14. The van der Waals surface area contributed by atoms with Crippen LogP contribution in [0.5, 0.6) is 0 Å². The number of hydrogen-bond donors (Lipinski definition) is 2. The molecule has 0 aromatic heterocycles. The van der Waals surface area contributed by atoms with Gasteiger partial charge in [0.25, 0.3) is 0 Å². The number of hydrogen-bond acceptors (Lipinski definition) is 2. The molecule has 0 atom stereocenters. The first kappa shape index (κ1) is 11.9. The molecule has 0 heterocycles. The van der Waals surface area contributed by atoms with E-state index in [1.165, 1.54) is 6.42 Å². The van der Waals surface area contributed by atoms with Gasteiger partial charge in [-0.2, -0.15) is 0 Å². The van der Waals surface area contributed by atoms with Crippen molar-refractivity contribution in [3.05, 3.63) is 0 Å². The molecule has 0 aliphatic heterocycles. The van der Waals surface area contributed by atoms with Crippen LogP contribution in [0.25, 0.3) is 0 Å². The van der Waals surface area contributed by atoms with Gasteiger partial charge in [-0.1, -0.05) is 20.8 Å². The van der Waals surface area contributed by atoms with Gasteiger partial charge in [-0.15, -0.1) is 0 Å². The zero-order valence-corrected chi connectivity index (χ0v) is 9.20. The van der Waals surface area contributed by atoms with E-state index in [-0.39, 0.29) is 5.54 Å². The summed E-state index contributed by atoms with van der Waals surface area (Å²) in [6, 6.07) is 0. The van der Waals surface area contributed by atoms with Gasteiger partial charge in [-0.05, 0) is 25.7 Å². The number of rotatable bonds is 5. The molecule has 3 N–H and O–H groups in total. The standard InChI is InChI=1S/C10H24N2/c1-6-9(2,3)7-12-8-10(4,5)11/h12H,6-8,11H2,1-5H3. The van der Waals surface area contributed by atoms with Gasteiger partial charge in [0, 0.05) is 18.6 Å². The van der Waals surface area contributed by atoms with Crippen molar-refractivity contribution in [1.29, 1.82) is 0 Å². The predicted octanol–water partition coefficient (Wildman–Crippen LogP) is 1.75. The van der Waals surface area contributed by atoms with Crippen LogP contribution in [0, 0.1) is 5.41 Å². The van der Waals surface area contributed by atoms with Crippen LogP contribution in [0.2, 0.25) is 0 Å². The lowest BCUT2D eigenvalue weighted by Crippen LogP contribution is -2.45. The molecule has 0 bridgehead atoms. The summed E-state index contributed by atoms with van der Waals surface area (Å²) < 4.78 is 0. The van der Waals surface area contributed by atoms with Crippen LogP contribution in [-0.2, 0) is 0 Å². The zero-order chi connectivity index (χ0) is 9.83. The van der Waals surface area contributed by atoms with Gasteiger partial charge in [-0.3, -0.25) is 0 Å². The Bertz CT molecular complexity index is 122. The van der Waals surface area contributed by atoms with Crippen LogP contribution in [-0.4, -0.2) is 18.6 Å². The fourth-order valence-corrected chi connectivity index (χ4v) is 0.848. The molecule has 0 unspecified atom stereocenters. The van der Waals surface area contributed by atoms with Gasteiger partial charge >= 0.3 is 0 Å². The van der Waals surface area contributed by atoms with Gasteiger partial charge < -0.3 is 11.1 Å². The van der Waals surface area contributed by atoms with Crippen molar-refractivity contribution in [1.82, 2.24) is 5.32 Å². The molecule has 0 aliphatic rings. The Morgan fingerprint density at radius 1 is 1.08 bits per heavy atom. The minimum atomic E-state index is -0.0934. The molecule has 12 heavy (non-hydrogen) atoms. The van der Waals surface area contributed by atoms with Crippen molar-refractivity contribution >= 4 is 0 Å². The minimum absolute atomic E-state index is 0.0934. The van der Waals surface area contributed by atoms with Crippen LogP contribution >= 0.6 is 0 Å². The second-order valence-electron chi connectivity index (χ2n) is 5.11. The summed E-state index contributed by atoms with van der Waals surface area (Å²) in [6.07, 6.45) is 1.20.